The fraction of sp³-hybridized carbons (Fsp3) is 0.133. The number of Topliss-reactive ketones (excluding diaryl/α,β-unsaturated/α-hetero) is 1. The molecule has 0 heterocycles. The van der Waals surface area contributed by atoms with Crippen molar-refractivity contribution < 1.29 is 9.53 Å². The molecule has 98 valence electrons. The molecule has 0 radical (unpaired) electrons. The van der Waals surface area contributed by atoms with E-state index in [0.717, 1.165) is 10.6 Å². The monoisotopic (exact) mass is 292 g/mol. The first-order chi connectivity index (χ1) is 9.19. The topological polar surface area (TPSA) is 26.3 Å². The van der Waals surface area contributed by atoms with Gasteiger partial charge in [-0.05, 0) is 42.5 Å². The zero-order chi connectivity index (χ0) is 13.7. The highest BCUT2D eigenvalue weighted by Crippen LogP contribution is 2.23. The SMILES string of the molecule is COc1cccc(SCC(=O)c2ccc(Cl)cc2)c1. The average Bonchev–Trinajstić information content (AvgIpc) is 2.46. The summed E-state index contributed by atoms with van der Waals surface area (Å²) in [5.74, 6) is 1.28. The predicted molar refractivity (Wildman–Crippen MR) is 79.5 cm³/mol. The summed E-state index contributed by atoms with van der Waals surface area (Å²) in [5, 5.41) is 0.636. The summed E-state index contributed by atoms with van der Waals surface area (Å²) in [5.41, 5.74) is 0.680. The molecule has 0 bridgehead atoms. The zero-order valence-electron chi connectivity index (χ0n) is 10.4. The highest BCUT2D eigenvalue weighted by molar-refractivity contribution is 8.00. The van der Waals surface area contributed by atoms with Crippen LogP contribution in [0.2, 0.25) is 5.02 Å². The quantitative estimate of drug-likeness (QED) is 0.606. The summed E-state index contributed by atoms with van der Waals surface area (Å²) < 4.78 is 5.15. The molecule has 2 nitrogen and oxygen atoms in total. The number of hydrogen-bond donors (Lipinski definition) is 0. The molecule has 2 aromatic carbocycles. The number of hydrogen-bond acceptors (Lipinski definition) is 3. The smallest absolute Gasteiger partial charge is 0.173 e. The summed E-state index contributed by atoms with van der Waals surface area (Å²) in [7, 11) is 1.63. The minimum atomic E-state index is 0.0875. The van der Waals surface area contributed by atoms with Gasteiger partial charge in [0, 0.05) is 15.5 Å². The lowest BCUT2D eigenvalue weighted by atomic mass is 10.1. The first kappa shape index (κ1) is 14.0. The van der Waals surface area contributed by atoms with Gasteiger partial charge in [0.15, 0.2) is 5.78 Å². The van der Waals surface area contributed by atoms with Crippen LogP contribution in [-0.4, -0.2) is 18.6 Å². The van der Waals surface area contributed by atoms with Crippen molar-refractivity contribution in [2.45, 2.75) is 4.90 Å². The van der Waals surface area contributed by atoms with Crippen LogP contribution in [0.5, 0.6) is 5.75 Å². The van der Waals surface area contributed by atoms with Crippen LogP contribution >= 0.6 is 23.4 Å². The Hall–Kier alpha value is -1.45. The lowest BCUT2D eigenvalue weighted by Gasteiger charge is -2.04. The Morgan fingerprint density at radius 2 is 1.95 bits per heavy atom. The van der Waals surface area contributed by atoms with E-state index in [1.165, 1.54) is 11.8 Å². The molecular weight excluding hydrogens is 280 g/mol. The second kappa shape index (κ2) is 6.64. The molecule has 2 rings (SSSR count). The van der Waals surface area contributed by atoms with Crippen molar-refractivity contribution in [1.29, 1.82) is 0 Å². The number of methoxy groups -OCH3 is 1. The van der Waals surface area contributed by atoms with E-state index in [4.69, 9.17) is 16.3 Å². The van der Waals surface area contributed by atoms with Crippen molar-refractivity contribution in [2.24, 2.45) is 0 Å². The molecule has 0 aliphatic carbocycles. The molecule has 0 spiro atoms. The summed E-state index contributed by atoms with van der Waals surface area (Å²) in [4.78, 5) is 13.0. The number of carbonyl (C=O) groups is 1. The van der Waals surface area contributed by atoms with Crippen LogP contribution in [0.15, 0.2) is 53.4 Å². The molecule has 0 aliphatic heterocycles. The molecule has 0 aromatic heterocycles. The maximum atomic E-state index is 12.0. The molecular formula is C15H13ClO2S. The molecule has 0 aliphatic rings. The minimum absolute atomic E-state index is 0.0875. The maximum absolute atomic E-state index is 12.0. The van der Waals surface area contributed by atoms with Crippen molar-refractivity contribution in [3.05, 3.63) is 59.1 Å². The van der Waals surface area contributed by atoms with Crippen LogP contribution in [0.1, 0.15) is 10.4 Å². The standard InChI is InChI=1S/C15H13ClO2S/c1-18-13-3-2-4-14(9-13)19-10-15(17)11-5-7-12(16)8-6-11/h2-9H,10H2,1H3. The molecule has 0 fully saturated rings. The Morgan fingerprint density at radius 3 is 2.63 bits per heavy atom. The number of ether oxygens (including phenoxy) is 1. The van der Waals surface area contributed by atoms with E-state index in [2.05, 4.69) is 0 Å². The molecule has 0 amide bonds. The third-order valence-corrected chi connectivity index (χ3v) is 3.82. The Balaban J connectivity index is 1.98. The second-order valence-corrected chi connectivity index (χ2v) is 5.38. The van der Waals surface area contributed by atoms with E-state index >= 15 is 0 Å². The third-order valence-electron chi connectivity index (χ3n) is 2.58. The number of carbonyl (C=O) groups excluding carboxylic acids is 1. The van der Waals surface area contributed by atoms with Gasteiger partial charge in [-0.2, -0.15) is 0 Å². The van der Waals surface area contributed by atoms with Crippen LogP contribution in [-0.2, 0) is 0 Å². The summed E-state index contributed by atoms with van der Waals surface area (Å²) in [6.45, 7) is 0. The van der Waals surface area contributed by atoms with Crippen LogP contribution < -0.4 is 4.74 Å². The van der Waals surface area contributed by atoms with Gasteiger partial charge in [-0.3, -0.25) is 4.79 Å². The molecule has 4 heteroatoms. The highest BCUT2D eigenvalue weighted by Gasteiger charge is 2.07. The predicted octanol–water partition coefficient (Wildman–Crippen LogP) is 4.32. The first-order valence-electron chi connectivity index (χ1n) is 5.74. The van der Waals surface area contributed by atoms with Crippen molar-refractivity contribution in [3.8, 4) is 5.75 Å². The summed E-state index contributed by atoms with van der Waals surface area (Å²) in [6, 6.07) is 14.6. The lowest BCUT2D eigenvalue weighted by molar-refractivity contribution is 0.102. The highest BCUT2D eigenvalue weighted by atomic mass is 35.5. The van der Waals surface area contributed by atoms with E-state index in [1.54, 1.807) is 31.4 Å². The summed E-state index contributed by atoms with van der Waals surface area (Å²) in [6.07, 6.45) is 0. The third kappa shape index (κ3) is 4.01. The number of halogens is 1. The van der Waals surface area contributed by atoms with Gasteiger partial charge in [0.2, 0.25) is 0 Å². The Labute approximate surface area is 121 Å². The van der Waals surface area contributed by atoms with E-state index in [1.807, 2.05) is 24.3 Å². The Morgan fingerprint density at radius 1 is 1.21 bits per heavy atom. The number of thioether (sulfide) groups is 1. The van der Waals surface area contributed by atoms with Crippen LogP contribution in [0.4, 0.5) is 0 Å². The van der Waals surface area contributed by atoms with Gasteiger partial charge >= 0.3 is 0 Å². The molecule has 0 saturated heterocycles. The van der Waals surface area contributed by atoms with Crippen molar-refractivity contribution in [3.63, 3.8) is 0 Å². The van der Waals surface area contributed by atoms with Crippen molar-refractivity contribution in [1.82, 2.24) is 0 Å². The van der Waals surface area contributed by atoms with Crippen LogP contribution in [0.25, 0.3) is 0 Å². The fourth-order valence-electron chi connectivity index (χ4n) is 1.56. The number of benzene rings is 2. The van der Waals surface area contributed by atoms with E-state index in [-0.39, 0.29) is 5.78 Å². The van der Waals surface area contributed by atoms with Gasteiger partial charge in [-0.25, -0.2) is 0 Å². The molecule has 19 heavy (non-hydrogen) atoms. The minimum Gasteiger partial charge on any atom is -0.497 e. The Bertz CT molecular complexity index is 567. The van der Waals surface area contributed by atoms with Crippen molar-refractivity contribution in [2.75, 3.05) is 12.9 Å². The van der Waals surface area contributed by atoms with Gasteiger partial charge in [-0.15, -0.1) is 11.8 Å². The average molecular weight is 293 g/mol. The number of rotatable bonds is 5. The second-order valence-electron chi connectivity index (χ2n) is 3.90. The van der Waals surface area contributed by atoms with Gasteiger partial charge in [0.1, 0.15) is 5.75 Å². The largest absolute Gasteiger partial charge is 0.497 e. The van der Waals surface area contributed by atoms with Gasteiger partial charge in [0.05, 0.1) is 12.9 Å². The normalized spacial score (nSPS) is 10.2. The molecule has 0 atom stereocenters. The lowest BCUT2D eigenvalue weighted by Crippen LogP contribution is -2.01. The van der Waals surface area contributed by atoms with E-state index in [9.17, 15) is 4.79 Å². The first-order valence-corrected chi connectivity index (χ1v) is 7.11. The fourth-order valence-corrected chi connectivity index (χ4v) is 2.52. The van der Waals surface area contributed by atoms with E-state index in [0.29, 0.717) is 16.3 Å². The van der Waals surface area contributed by atoms with Gasteiger partial charge in [-0.1, -0.05) is 17.7 Å². The maximum Gasteiger partial charge on any atom is 0.173 e. The Kier molecular flexibility index (Phi) is 4.88. The zero-order valence-corrected chi connectivity index (χ0v) is 12.0. The van der Waals surface area contributed by atoms with Crippen LogP contribution in [0.3, 0.4) is 0 Å². The molecule has 0 N–H and O–H groups in total. The summed E-state index contributed by atoms with van der Waals surface area (Å²) >= 11 is 7.29. The number of ketones is 1. The van der Waals surface area contributed by atoms with Gasteiger partial charge < -0.3 is 4.74 Å². The molecule has 0 saturated carbocycles. The van der Waals surface area contributed by atoms with Crippen LogP contribution in [0, 0.1) is 0 Å². The van der Waals surface area contributed by atoms with Crippen molar-refractivity contribution >= 4 is 29.1 Å². The van der Waals surface area contributed by atoms with Gasteiger partial charge in [0.25, 0.3) is 0 Å². The molecule has 0 unspecified atom stereocenters. The van der Waals surface area contributed by atoms with E-state index < -0.39 is 0 Å². The molecule has 2 aromatic rings.